The number of carbonyl (C=O) groups is 1. The molecular formula is C5H24B6F6N2O13. The minimum absolute atomic E-state index is 0.0185. The largest absolute Gasteiger partial charge is 0.674 e. The molecule has 0 radical (unpaired) electrons. The number of carbonyl (C=O) groups excluding carboxylic acids is 1. The lowest BCUT2D eigenvalue weighted by Gasteiger charge is -2.16. The van der Waals surface area contributed by atoms with Crippen molar-refractivity contribution in [3.63, 3.8) is 0 Å². The van der Waals surface area contributed by atoms with Crippen LogP contribution < -0.4 is 0 Å². The lowest BCUT2D eigenvalue weighted by atomic mass is 10.3. The zero-order valence-electron chi connectivity index (χ0n) is 16.9. The second kappa shape index (κ2) is 37.1. The fraction of sp³-hybridized carbons (Fsp3) is 0.800. The Kier molecular flexibility index (Phi) is 55.9. The third-order valence-electron chi connectivity index (χ3n) is 0.765. The van der Waals surface area contributed by atoms with E-state index in [2.05, 4.69) is 0 Å². The number of hydrogen-bond acceptors (Lipinski definition) is 13. The van der Waals surface area contributed by atoms with E-state index in [1.807, 2.05) is 0 Å². The second-order valence-corrected chi connectivity index (χ2v) is 3.94. The minimum atomic E-state index is -2.67. The van der Waals surface area contributed by atoms with Crippen LogP contribution in [0.2, 0.25) is 0 Å². The van der Waals surface area contributed by atoms with E-state index < -0.39 is 44.4 Å². The molecule has 0 rings (SSSR count). The maximum Gasteiger partial charge on any atom is 0.674 e. The van der Waals surface area contributed by atoms with Crippen LogP contribution in [0.4, 0.5) is 30.7 Å². The highest BCUT2D eigenvalue weighted by molar-refractivity contribution is 6.32. The summed E-state index contributed by atoms with van der Waals surface area (Å²) in [6.07, 6.45) is 0. The van der Waals surface area contributed by atoms with E-state index >= 15 is 0 Å². The molecule has 0 saturated carbocycles. The van der Waals surface area contributed by atoms with Gasteiger partial charge >= 0.3 is 50.4 Å². The average molecular weight is 499 g/mol. The Morgan fingerprint density at radius 1 is 0.438 bits per heavy atom. The molecule has 0 aliphatic rings. The van der Waals surface area contributed by atoms with Gasteiger partial charge in [-0.3, -0.25) is 25.9 Å². The standard InChI is InChI=1S/C5H12N2O.6BFH2O2/c1-6(2)5(8)7(3)4;6*2-1(3)4/h1-4H3;6*3-4H. The van der Waals surface area contributed by atoms with Gasteiger partial charge in [0.1, 0.15) is 0 Å². The fourth-order valence-corrected chi connectivity index (χ4v) is 0.400. The molecule has 32 heavy (non-hydrogen) atoms. The lowest BCUT2D eigenvalue weighted by Crippen LogP contribution is -2.33. The first kappa shape index (κ1) is 48.3. The Morgan fingerprint density at radius 2 is 0.500 bits per heavy atom. The third kappa shape index (κ3) is 485. The predicted molar refractivity (Wildman–Crippen MR) is 101 cm³/mol. The van der Waals surface area contributed by atoms with Crippen molar-refractivity contribution >= 4 is 50.4 Å². The molecule has 0 bridgehead atoms. The van der Waals surface area contributed by atoms with Crippen molar-refractivity contribution in [1.29, 1.82) is 0 Å². The number of hydrogen-bond donors (Lipinski definition) is 12. The average Bonchev–Trinajstić information content (AvgIpc) is 2.42. The number of halogens is 6. The van der Waals surface area contributed by atoms with Gasteiger partial charge in [-0.1, -0.05) is 0 Å². The molecule has 0 aromatic carbocycles. The summed E-state index contributed by atoms with van der Waals surface area (Å²) in [5.41, 5.74) is 0. The Hall–Kier alpha value is -1.24. The summed E-state index contributed by atoms with van der Waals surface area (Å²) in [5, 5.41) is 83.3. The monoisotopic (exact) mass is 500 g/mol. The fourth-order valence-electron chi connectivity index (χ4n) is 0.400. The quantitative estimate of drug-likeness (QED) is 0.109. The van der Waals surface area contributed by atoms with Gasteiger partial charge in [0.05, 0.1) is 0 Å². The molecule has 0 spiro atoms. The molecule has 0 aromatic heterocycles. The number of amides is 2. The Morgan fingerprint density at radius 3 is 0.500 bits per heavy atom. The Bertz CT molecular complexity index is 269. The Balaban J connectivity index is -0.0000000467. The topological polar surface area (TPSA) is 266 Å². The van der Waals surface area contributed by atoms with Gasteiger partial charge in [0.25, 0.3) is 0 Å². The third-order valence-corrected chi connectivity index (χ3v) is 0.765. The van der Waals surface area contributed by atoms with E-state index in [-0.39, 0.29) is 6.03 Å². The molecule has 0 aromatic rings. The number of rotatable bonds is 0. The first-order chi connectivity index (χ1) is 13.9. The molecule has 15 nitrogen and oxygen atoms in total. The zero-order valence-corrected chi connectivity index (χ0v) is 16.9. The molecule has 0 saturated heterocycles. The second-order valence-electron chi connectivity index (χ2n) is 3.94. The van der Waals surface area contributed by atoms with E-state index in [4.69, 9.17) is 60.3 Å². The zero-order chi connectivity index (χ0) is 28.2. The van der Waals surface area contributed by atoms with Crippen molar-refractivity contribution in [1.82, 2.24) is 9.80 Å². The molecule has 12 N–H and O–H groups in total. The number of urea groups is 1. The highest BCUT2D eigenvalue weighted by Gasteiger charge is 2.02. The highest BCUT2D eigenvalue weighted by Crippen LogP contribution is 1.83. The highest BCUT2D eigenvalue weighted by atomic mass is 19.1. The minimum Gasteiger partial charge on any atom is -0.398 e. The van der Waals surface area contributed by atoms with E-state index in [1.165, 1.54) is 9.80 Å². The van der Waals surface area contributed by atoms with Gasteiger partial charge in [0, 0.05) is 28.2 Å². The van der Waals surface area contributed by atoms with Gasteiger partial charge in [0.2, 0.25) is 0 Å². The summed E-state index contributed by atoms with van der Waals surface area (Å²) in [4.78, 5) is 13.8. The van der Waals surface area contributed by atoms with Crippen LogP contribution in [0.25, 0.3) is 0 Å². The summed E-state index contributed by atoms with van der Waals surface area (Å²) in [5.74, 6) is 0. The van der Waals surface area contributed by atoms with Gasteiger partial charge in [0.15, 0.2) is 0 Å². The molecule has 27 heteroatoms. The Labute approximate surface area is 180 Å². The van der Waals surface area contributed by atoms with Crippen LogP contribution >= 0.6 is 0 Å². The molecule has 0 unspecified atom stereocenters. The summed E-state index contributed by atoms with van der Waals surface area (Å²) in [7, 11) is -9.10. The van der Waals surface area contributed by atoms with Crippen molar-refractivity contribution in [2.24, 2.45) is 0 Å². The van der Waals surface area contributed by atoms with E-state index in [1.54, 1.807) is 28.2 Å². The predicted octanol–water partition coefficient (Wildman–Crippen LogP) is -6.22. The van der Waals surface area contributed by atoms with Crippen LogP contribution in [0.15, 0.2) is 0 Å². The molecule has 0 aliphatic carbocycles. The lowest BCUT2D eigenvalue weighted by molar-refractivity contribution is 0.191. The van der Waals surface area contributed by atoms with Crippen molar-refractivity contribution in [2.45, 2.75) is 0 Å². The molecule has 0 atom stereocenters. The molecule has 0 aliphatic heterocycles. The van der Waals surface area contributed by atoms with Gasteiger partial charge in [-0.25, -0.2) is 4.79 Å². The van der Waals surface area contributed by atoms with Crippen LogP contribution in [0.1, 0.15) is 0 Å². The normalized spacial score (nSPS) is 7.19. The van der Waals surface area contributed by atoms with E-state index in [9.17, 15) is 30.7 Å². The molecule has 2 amide bonds. The van der Waals surface area contributed by atoms with Crippen LogP contribution in [-0.4, -0.2) is 149 Å². The van der Waals surface area contributed by atoms with Crippen LogP contribution in [0.5, 0.6) is 0 Å². The maximum absolute atomic E-state index is 10.7. The van der Waals surface area contributed by atoms with Crippen molar-refractivity contribution in [2.75, 3.05) is 28.2 Å². The van der Waals surface area contributed by atoms with Gasteiger partial charge < -0.3 is 70.1 Å². The van der Waals surface area contributed by atoms with Crippen LogP contribution in [-0.2, 0) is 0 Å². The van der Waals surface area contributed by atoms with Gasteiger partial charge in [-0.2, -0.15) is 0 Å². The smallest absolute Gasteiger partial charge is 0.398 e. The number of nitrogens with zero attached hydrogens (tertiary/aromatic N) is 2. The maximum atomic E-state index is 10.7. The van der Waals surface area contributed by atoms with Crippen molar-refractivity contribution in [3.8, 4) is 0 Å². The van der Waals surface area contributed by atoms with Gasteiger partial charge in [-0.15, -0.1) is 0 Å². The van der Waals surface area contributed by atoms with Crippen LogP contribution in [0, 0.1) is 0 Å². The summed E-state index contributed by atoms with van der Waals surface area (Å²) < 4.78 is 60.7. The van der Waals surface area contributed by atoms with E-state index in [0.717, 1.165) is 0 Å². The molecule has 0 heterocycles. The molecular weight excluding hydrogens is 475 g/mol. The first-order valence-corrected chi connectivity index (χ1v) is 6.85. The van der Waals surface area contributed by atoms with Crippen molar-refractivity contribution in [3.05, 3.63) is 0 Å². The summed E-state index contributed by atoms with van der Waals surface area (Å²) in [6, 6.07) is 0.0185. The summed E-state index contributed by atoms with van der Waals surface area (Å²) >= 11 is 0. The SMILES string of the molecule is CN(C)C(=O)N(C)C.OB(O)F.OB(O)F.OB(O)F.OB(O)F.OB(O)F.OB(O)F. The van der Waals surface area contributed by atoms with Crippen molar-refractivity contribution < 1.29 is 91.0 Å². The summed E-state index contributed by atoms with van der Waals surface area (Å²) in [6.45, 7) is 0. The van der Waals surface area contributed by atoms with Crippen LogP contribution in [0.3, 0.4) is 0 Å². The van der Waals surface area contributed by atoms with Gasteiger partial charge in [-0.05, 0) is 0 Å². The molecule has 192 valence electrons. The molecule has 0 fully saturated rings. The first-order valence-electron chi connectivity index (χ1n) is 6.85. The van der Waals surface area contributed by atoms with E-state index in [0.29, 0.717) is 0 Å².